The zero-order chi connectivity index (χ0) is 15.5. The number of carboxylic acid groups (broad SMARTS) is 1. The summed E-state index contributed by atoms with van der Waals surface area (Å²) in [5.74, 6) is -0.0203. The minimum absolute atomic E-state index is 0.261. The molecule has 0 aromatic heterocycles. The predicted octanol–water partition coefficient (Wildman–Crippen LogP) is 3.51. The fourth-order valence-corrected chi connectivity index (χ4v) is 4.32. The Morgan fingerprint density at radius 2 is 1.86 bits per heavy atom. The van der Waals surface area contributed by atoms with Crippen molar-refractivity contribution in [1.82, 2.24) is 4.90 Å². The number of fused-ring (bicyclic) bond motifs is 1. The molecule has 1 aromatic rings. The van der Waals surface area contributed by atoms with Crippen molar-refractivity contribution >= 4 is 5.97 Å². The van der Waals surface area contributed by atoms with E-state index in [0.717, 1.165) is 25.8 Å². The Morgan fingerprint density at radius 3 is 2.55 bits per heavy atom. The molecular formula is C19H27NO2. The van der Waals surface area contributed by atoms with Crippen LogP contribution in [0.15, 0.2) is 24.3 Å². The number of benzene rings is 1. The van der Waals surface area contributed by atoms with E-state index in [0.29, 0.717) is 12.0 Å². The summed E-state index contributed by atoms with van der Waals surface area (Å²) in [5.41, 5.74) is 2.68. The molecule has 0 amide bonds. The third-order valence-corrected chi connectivity index (χ3v) is 5.60. The second-order valence-corrected chi connectivity index (χ2v) is 6.86. The van der Waals surface area contributed by atoms with Crippen molar-refractivity contribution in [2.24, 2.45) is 5.92 Å². The summed E-state index contributed by atoms with van der Waals surface area (Å²) in [4.78, 5) is 13.9. The number of carboxylic acids is 1. The van der Waals surface area contributed by atoms with Gasteiger partial charge in [0.1, 0.15) is 6.04 Å². The molecule has 1 aliphatic heterocycles. The lowest BCUT2D eigenvalue weighted by Crippen LogP contribution is -2.43. The molecular weight excluding hydrogens is 274 g/mol. The first kappa shape index (κ1) is 15.5. The average Bonchev–Trinajstić information content (AvgIpc) is 2.92. The van der Waals surface area contributed by atoms with Crippen molar-refractivity contribution in [3.63, 3.8) is 0 Å². The van der Waals surface area contributed by atoms with Gasteiger partial charge in [0, 0.05) is 12.6 Å². The molecule has 3 unspecified atom stereocenters. The highest BCUT2D eigenvalue weighted by molar-refractivity contribution is 5.74. The molecule has 1 saturated heterocycles. The lowest BCUT2D eigenvalue weighted by atomic mass is 9.84. The zero-order valence-electron chi connectivity index (χ0n) is 13.5. The van der Waals surface area contributed by atoms with Gasteiger partial charge in [-0.3, -0.25) is 9.69 Å². The Morgan fingerprint density at radius 1 is 1.18 bits per heavy atom. The van der Waals surface area contributed by atoms with Gasteiger partial charge >= 0.3 is 5.97 Å². The first-order chi connectivity index (χ1) is 10.7. The molecule has 3 atom stereocenters. The molecule has 22 heavy (non-hydrogen) atoms. The van der Waals surface area contributed by atoms with Crippen molar-refractivity contribution in [2.45, 2.75) is 64.0 Å². The van der Waals surface area contributed by atoms with Crippen LogP contribution >= 0.6 is 0 Å². The van der Waals surface area contributed by atoms with Gasteiger partial charge in [-0.1, -0.05) is 44.0 Å². The number of hydrogen-bond acceptors (Lipinski definition) is 2. The summed E-state index contributed by atoms with van der Waals surface area (Å²) < 4.78 is 0. The lowest BCUT2D eigenvalue weighted by Gasteiger charge is -2.33. The van der Waals surface area contributed by atoms with Crippen LogP contribution in [0.4, 0.5) is 0 Å². The summed E-state index contributed by atoms with van der Waals surface area (Å²) in [5, 5.41) is 9.55. The number of rotatable bonds is 5. The highest BCUT2D eigenvalue weighted by Gasteiger charge is 2.44. The van der Waals surface area contributed by atoms with Crippen LogP contribution in [0, 0.1) is 5.92 Å². The average molecular weight is 301 g/mol. The normalized spacial score (nSPS) is 28.5. The summed E-state index contributed by atoms with van der Waals surface area (Å²) in [6.07, 6.45) is 7.82. The van der Waals surface area contributed by atoms with Crippen molar-refractivity contribution in [3.8, 4) is 0 Å². The van der Waals surface area contributed by atoms with E-state index < -0.39 is 5.97 Å². The van der Waals surface area contributed by atoms with Crippen LogP contribution in [0.2, 0.25) is 0 Å². The van der Waals surface area contributed by atoms with Gasteiger partial charge < -0.3 is 5.11 Å². The largest absolute Gasteiger partial charge is 0.480 e. The molecule has 3 rings (SSSR count). The van der Waals surface area contributed by atoms with Gasteiger partial charge in [0.05, 0.1) is 0 Å². The molecule has 0 radical (unpaired) electrons. The first-order valence-corrected chi connectivity index (χ1v) is 8.75. The molecule has 2 aliphatic rings. The number of hydrogen-bond donors (Lipinski definition) is 1. The molecule has 0 bridgehead atoms. The van der Waals surface area contributed by atoms with Crippen LogP contribution in [0.5, 0.6) is 0 Å². The first-order valence-electron chi connectivity index (χ1n) is 8.75. The molecule has 0 spiro atoms. The Hall–Kier alpha value is -1.35. The van der Waals surface area contributed by atoms with E-state index in [4.69, 9.17) is 0 Å². The molecule has 120 valence electrons. The minimum Gasteiger partial charge on any atom is -0.480 e. The van der Waals surface area contributed by atoms with Crippen LogP contribution in [0.1, 0.15) is 50.2 Å². The molecule has 3 heteroatoms. The van der Waals surface area contributed by atoms with Crippen molar-refractivity contribution in [1.29, 1.82) is 0 Å². The number of nitrogens with zero attached hydrogens (tertiary/aromatic N) is 1. The topological polar surface area (TPSA) is 40.5 Å². The number of likely N-dealkylation sites (tertiary alicyclic amines) is 1. The molecule has 1 aromatic carbocycles. The fourth-order valence-electron chi connectivity index (χ4n) is 4.32. The molecule has 1 aliphatic carbocycles. The summed E-state index contributed by atoms with van der Waals surface area (Å²) >= 11 is 0. The van der Waals surface area contributed by atoms with Gasteiger partial charge in [0.2, 0.25) is 0 Å². The highest BCUT2D eigenvalue weighted by atomic mass is 16.4. The maximum absolute atomic E-state index is 11.6. The molecule has 3 nitrogen and oxygen atoms in total. The summed E-state index contributed by atoms with van der Waals surface area (Å²) in [7, 11) is 0. The SMILES string of the molecule is CCc1ccc(CCN2C(C(=O)O)CC3CCCCC32)cc1. The Labute approximate surface area is 133 Å². The maximum atomic E-state index is 11.6. The lowest BCUT2D eigenvalue weighted by molar-refractivity contribution is -0.142. The monoisotopic (exact) mass is 301 g/mol. The highest BCUT2D eigenvalue weighted by Crippen LogP contribution is 2.39. The van der Waals surface area contributed by atoms with Gasteiger partial charge in [-0.25, -0.2) is 0 Å². The predicted molar refractivity (Wildman–Crippen MR) is 88.0 cm³/mol. The van der Waals surface area contributed by atoms with Gasteiger partial charge in [0.25, 0.3) is 0 Å². The minimum atomic E-state index is -0.629. The van der Waals surface area contributed by atoms with E-state index in [1.54, 1.807) is 0 Å². The maximum Gasteiger partial charge on any atom is 0.320 e. The number of aliphatic carboxylic acids is 1. The zero-order valence-corrected chi connectivity index (χ0v) is 13.5. The number of carbonyl (C=O) groups is 1. The summed E-state index contributed by atoms with van der Waals surface area (Å²) in [6.45, 7) is 3.05. The van der Waals surface area contributed by atoms with Crippen LogP contribution < -0.4 is 0 Å². The van der Waals surface area contributed by atoms with Gasteiger partial charge in [0.15, 0.2) is 0 Å². The van der Waals surface area contributed by atoms with E-state index in [1.165, 1.54) is 36.8 Å². The molecule has 1 N–H and O–H groups in total. The van der Waals surface area contributed by atoms with Gasteiger partial charge in [-0.2, -0.15) is 0 Å². The van der Waals surface area contributed by atoms with Gasteiger partial charge in [-0.05, 0) is 49.1 Å². The smallest absolute Gasteiger partial charge is 0.320 e. The van der Waals surface area contributed by atoms with Crippen molar-refractivity contribution < 1.29 is 9.90 Å². The van der Waals surface area contributed by atoms with Gasteiger partial charge in [-0.15, -0.1) is 0 Å². The quantitative estimate of drug-likeness (QED) is 0.905. The van der Waals surface area contributed by atoms with Crippen molar-refractivity contribution in [2.75, 3.05) is 6.54 Å². The van der Waals surface area contributed by atoms with Crippen LogP contribution in [0.3, 0.4) is 0 Å². The van der Waals surface area contributed by atoms with Crippen molar-refractivity contribution in [3.05, 3.63) is 35.4 Å². The van der Waals surface area contributed by atoms with E-state index >= 15 is 0 Å². The Kier molecular flexibility index (Phi) is 4.82. The van der Waals surface area contributed by atoms with E-state index in [9.17, 15) is 9.90 Å². The third-order valence-electron chi connectivity index (χ3n) is 5.60. The van der Waals surface area contributed by atoms with Crippen LogP contribution in [0.25, 0.3) is 0 Å². The molecule has 2 fully saturated rings. The second-order valence-electron chi connectivity index (χ2n) is 6.86. The Balaban J connectivity index is 1.66. The molecule has 1 heterocycles. The summed E-state index contributed by atoms with van der Waals surface area (Å²) in [6, 6.07) is 9.02. The standard InChI is InChI=1S/C19H27NO2/c1-2-14-7-9-15(10-8-14)11-12-20-17-6-4-3-5-16(17)13-18(20)19(21)22/h7-10,16-18H,2-6,11-13H2,1H3,(H,21,22). The third kappa shape index (κ3) is 3.19. The fraction of sp³-hybridized carbons (Fsp3) is 0.632. The van der Waals surface area contributed by atoms with E-state index in [2.05, 4.69) is 36.1 Å². The molecule has 1 saturated carbocycles. The van der Waals surface area contributed by atoms with E-state index in [-0.39, 0.29) is 6.04 Å². The van der Waals surface area contributed by atoms with Crippen LogP contribution in [-0.4, -0.2) is 34.6 Å². The second kappa shape index (κ2) is 6.82. The number of aryl methyl sites for hydroxylation is 1. The van der Waals surface area contributed by atoms with E-state index in [1.807, 2.05) is 0 Å². The Bertz CT molecular complexity index is 511. The van der Waals surface area contributed by atoms with Crippen LogP contribution in [-0.2, 0) is 17.6 Å².